The van der Waals surface area contributed by atoms with Gasteiger partial charge in [-0.25, -0.2) is 4.39 Å². The van der Waals surface area contributed by atoms with E-state index in [1.54, 1.807) is 6.07 Å². The van der Waals surface area contributed by atoms with Gasteiger partial charge in [0.15, 0.2) is 10.8 Å². The van der Waals surface area contributed by atoms with Crippen molar-refractivity contribution in [3.05, 3.63) is 29.6 Å². The van der Waals surface area contributed by atoms with E-state index in [0.29, 0.717) is 10.9 Å². The Morgan fingerprint density at radius 2 is 2.24 bits per heavy atom. The van der Waals surface area contributed by atoms with E-state index < -0.39 is 5.72 Å². The van der Waals surface area contributed by atoms with Crippen LogP contribution in [0, 0.1) is 11.7 Å². The van der Waals surface area contributed by atoms with Crippen molar-refractivity contribution in [2.24, 2.45) is 5.92 Å². The molecular weight excluding hydrogens is 239 g/mol. The van der Waals surface area contributed by atoms with Crippen molar-refractivity contribution in [2.45, 2.75) is 25.6 Å². The molecule has 3 atom stereocenters. The fourth-order valence-corrected chi connectivity index (χ4v) is 2.84. The van der Waals surface area contributed by atoms with Crippen molar-refractivity contribution >= 4 is 17.3 Å². The molecule has 2 bridgehead atoms. The zero-order chi connectivity index (χ0) is 12.2. The van der Waals surface area contributed by atoms with E-state index in [4.69, 9.17) is 17.0 Å². The van der Waals surface area contributed by atoms with Gasteiger partial charge < -0.3 is 15.4 Å². The molecule has 1 aromatic rings. The summed E-state index contributed by atoms with van der Waals surface area (Å²) in [5.74, 6) is 0.609. The van der Waals surface area contributed by atoms with E-state index >= 15 is 0 Å². The summed E-state index contributed by atoms with van der Waals surface area (Å²) in [4.78, 5) is 0. The maximum atomic E-state index is 13.3. The van der Waals surface area contributed by atoms with Crippen LogP contribution in [-0.2, 0) is 0 Å². The lowest BCUT2D eigenvalue weighted by atomic mass is 9.82. The van der Waals surface area contributed by atoms with E-state index in [-0.39, 0.29) is 17.8 Å². The van der Waals surface area contributed by atoms with Gasteiger partial charge in [0.1, 0.15) is 11.6 Å². The maximum absolute atomic E-state index is 13.3. The summed E-state index contributed by atoms with van der Waals surface area (Å²) in [5.41, 5.74) is 0.302. The number of hydrogen-bond acceptors (Lipinski definition) is 2. The van der Waals surface area contributed by atoms with Crippen molar-refractivity contribution in [1.82, 2.24) is 10.6 Å². The highest BCUT2D eigenvalue weighted by Gasteiger charge is 2.48. The summed E-state index contributed by atoms with van der Waals surface area (Å²) < 4.78 is 19.2. The molecule has 2 aliphatic heterocycles. The minimum Gasteiger partial charge on any atom is -0.468 e. The second-order valence-corrected chi connectivity index (χ2v) is 5.16. The van der Waals surface area contributed by atoms with Gasteiger partial charge in [0.2, 0.25) is 0 Å². The Balaban J connectivity index is 2.15. The molecule has 3 rings (SSSR count). The Morgan fingerprint density at radius 1 is 1.47 bits per heavy atom. The standard InChI is InChI=1S/C12H13FN2OS/c1-6-10-8-5-7(13)3-4-9(8)16-12(6,2)15-11(17)14-10/h3-6,10H,1-2H3,(H2,14,15,17). The Bertz CT molecular complexity index is 507. The molecule has 3 nitrogen and oxygen atoms in total. The summed E-state index contributed by atoms with van der Waals surface area (Å²) in [6.07, 6.45) is 0. The van der Waals surface area contributed by atoms with E-state index in [9.17, 15) is 4.39 Å². The van der Waals surface area contributed by atoms with Gasteiger partial charge >= 0.3 is 0 Å². The Labute approximate surface area is 104 Å². The van der Waals surface area contributed by atoms with Gasteiger partial charge in [0.05, 0.1) is 6.04 Å². The molecule has 1 fully saturated rings. The van der Waals surface area contributed by atoms with E-state index in [1.165, 1.54) is 12.1 Å². The van der Waals surface area contributed by atoms with Crippen LogP contribution in [0.3, 0.4) is 0 Å². The lowest BCUT2D eigenvalue weighted by Gasteiger charge is -2.50. The van der Waals surface area contributed by atoms with Crippen molar-refractivity contribution in [3.63, 3.8) is 0 Å². The Morgan fingerprint density at radius 3 is 3.00 bits per heavy atom. The Hall–Kier alpha value is -1.36. The highest BCUT2D eigenvalue weighted by Crippen LogP contribution is 2.44. The molecule has 0 aliphatic carbocycles. The lowest BCUT2D eigenvalue weighted by molar-refractivity contribution is -0.0264. The minimum absolute atomic E-state index is 0.00630. The van der Waals surface area contributed by atoms with Gasteiger partial charge in [-0.3, -0.25) is 0 Å². The molecule has 0 amide bonds. The molecule has 0 radical (unpaired) electrons. The summed E-state index contributed by atoms with van der Waals surface area (Å²) in [5, 5.41) is 6.86. The largest absolute Gasteiger partial charge is 0.468 e. The van der Waals surface area contributed by atoms with Crippen LogP contribution in [0.15, 0.2) is 18.2 Å². The second-order valence-electron chi connectivity index (χ2n) is 4.76. The topological polar surface area (TPSA) is 33.3 Å². The van der Waals surface area contributed by atoms with Crippen LogP contribution in [0.5, 0.6) is 5.75 Å². The smallest absolute Gasteiger partial charge is 0.184 e. The third-order valence-electron chi connectivity index (χ3n) is 3.65. The first-order chi connectivity index (χ1) is 7.99. The zero-order valence-corrected chi connectivity index (χ0v) is 10.4. The average Bonchev–Trinajstić information content (AvgIpc) is 2.24. The fraction of sp³-hybridized carbons (Fsp3) is 0.417. The van der Waals surface area contributed by atoms with Gasteiger partial charge in [-0.05, 0) is 37.3 Å². The van der Waals surface area contributed by atoms with Crippen LogP contribution >= 0.6 is 12.2 Å². The summed E-state index contributed by atoms with van der Waals surface area (Å²) in [6, 6.07) is 4.58. The van der Waals surface area contributed by atoms with Crippen LogP contribution in [0.4, 0.5) is 4.39 Å². The Kier molecular flexibility index (Phi) is 2.10. The predicted molar refractivity (Wildman–Crippen MR) is 66.2 cm³/mol. The monoisotopic (exact) mass is 252 g/mol. The normalized spacial score (nSPS) is 34.2. The number of benzene rings is 1. The number of rotatable bonds is 0. The predicted octanol–water partition coefficient (Wildman–Crippen LogP) is 2.09. The number of ether oxygens (including phenoxy) is 1. The van der Waals surface area contributed by atoms with Crippen LogP contribution in [0.25, 0.3) is 0 Å². The molecular formula is C12H13FN2OS. The first kappa shape index (κ1) is 10.8. The minimum atomic E-state index is -0.530. The van der Waals surface area contributed by atoms with Crippen LogP contribution in [0.2, 0.25) is 0 Å². The molecule has 5 heteroatoms. The van der Waals surface area contributed by atoms with Crippen LogP contribution in [0.1, 0.15) is 25.5 Å². The number of halogens is 1. The fourth-order valence-electron chi connectivity index (χ4n) is 2.51. The zero-order valence-electron chi connectivity index (χ0n) is 9.58. The highest BCUT2D eigenvalue weighted by atomic mass is 32.1. The SMILES string of the molecule is CC1C2NC(=S)NC1(C)Oc1ccc(F)cc12. The molecule has 3 unspecified atom stereocenters. The first-order valence-corrected chi connectivity index (χ1v) is 5.97. The van der Waals surface area contributed by atoms with Gasteiger partial charge in [-0.15, -0.1) is 0 Å². The first-order valence-electron chi connectivity index (χ1n) is 5.57. The maximum Gasteiger partial charge on any atom is 0.184 e. The molecule has 0 spiro atoms. The van der Waals surface area contributed by atoms with Crippen LogP contribution < -0.4 is 15.4 Å². The van der Waals surface area contributed by atoms with E-state index in [2.05, 4.69) is 17.6 Å². The van der Waals surface area contributed by atoms with Crippen molar-refractivity contribution in [2.75, 3.05) is 0 Å². The molecule has 0 saturated carbocycles. The van der Waals surface area contributed by atoms with Crippen molar-refractivity contribution in [3.8, 4) is 5.75 Å². The summed E-state index contributed by atoms with van der Waals surface area (Å²) in [7, 11) is 0. The third-order valence-corrected chi connectivity index (χ3v) is 3.87. The summed E-state index contributed by atoms with van der Waals surface area (Å²) in [6.45, 7) is 4.02. The average molecular weight is 252 g/mol. The number of hydrogen-bond donors (Lipinski definition) is 2. The molecule has 0 aromatic heterocycles. The molecule has 2 heterocycles. The molecule has 2 aliphatic rings. The van der Waals surface area contributed by atoms with Crippen molar-refractivity contribution in [1.29, 1.82) is 0 Å². The van der Waals surface area contributed by atoms with Crippen LogP contribution in [-0.4, -0.2) is 10.8 Å². The summed E-state index contributed by atoms with van der Waals surface area (Å²) >= 11 is 5.15. The van der Waals surface area contributed by atoms with Gasteiger partial charge in [-0.1, -0.05) is 6.92 Å². The molecule has 90 valence electrons. The lowest BCUT2D eigenvalue weighted by Crippen LogP contribution is -2.67. The van der Waals surface area contributed by atoms with Gasteiger partial charge in [0.25, 0.3) is 0 Å². The van der Waals surface area contributed by atoms with Gasteiger partial charge in [-0.2, -0.15) is 0 Å². The van der Waals surface area contributed by atoms with Gasteiger partial charge in [0, 0.05) is 11.5 Å². The van der Waals surface area contributed by atoms with Crippen molar-refractivity contribution < 1.29 is 9.13 Å². The number of fused-ring (bicyclic) bond motifs is 4. The second kappa shape index (κ2) is 3.32. The van der Waals surface area contributed by atoms with E-state index in [1.807, 2.05) is 6.92 Å². The number of thiocarbonyl (C=S) groups is 1. The number of nitrogens with one attached hydrogen (secondary N) is 2. The molecule has 1 aromatic carbocycles. The third kappa shape index (κ3) is 1.49. The van der Waals surface area contributed by atoms with E-state index in [0.717, 1.165) is 5.56 Å². The quantitative estimate of drug-likeness (QED) is 0.693. The highest BCUT2D eigenvalue weighted by molar-refractivity contribution is 7.80. The molecule has 17 heavy (non-hydrogen) atoms. The molecule has 1 saturated heterocycles. The molecule has 2 N–H and O–H groups in total.